The van der Waals surface area contributed by atoms with E-state index >= 15 is 0 Å². The molecule has 0 saturated heterocycles. The third-order valence-corrected chi connectivity index (χ3v) is 3.43. The third-order valence-electron chi connectivity index (χ3n) is 3.43. The number of hydrogen-bond donors (Lipinski definition) is 0. The molecule has 118 valence electrons. The number of carbonyl (C=O) groups excluding carboxylic acids is 2. The largest absolute Gasteiger partial charge is 0.423 e. The summed E-state index contributed by atoms with van der Waals surface area (Å²) >= 11 is 0. The molecule has 0 bridgehead atoms. The molecular formula is C20H20O3. The van der Waals surface area contributed by atoms with E-state index in [0.29, 0.717) is 22.4 Å². The first kappa shape index (κ1) is 16.7. The summed E-state index contributed by atoms with van der Waals surface area (Å²) < 4.78 is 5.11. The summed E-state index contributed by atoms with van der Waals surface area (Å²) in [6, 6.07) is 14.2. The Hall–Kier alpha value is -2.68. The summed E-state index contributed by atoms with van der Waals surface area (Å²) in [6.45, 7) is 7.24. The molecule has 0 saturated carbocycles. The zero-order chi connectivity index (χ0) is 16.8. The maximum Gasteiger partial charge on any atom is 0.338 e. The van der Waals surface area contributed by atoms with Crippen LogP contribution in [-0.4, -0.2) is 11.8 Å². The number of carbonyl (C=O) groups is 2. The summed E-state index contributed by atoms with van der Waals surface area (Å²) in [5.74, 6) is -0.130. The molecule has 0 atom stereocenters. The average Bonchev–Trinajstić information content (AvgIpc) is 2.56. The fourth-order valence-corrected chi connectivity index (χ4v) is 2.15. The van der Waals surface area contributed by atoms with Crippen LogP contribution in [0.3, 0.4) is 0 Å². The van der Waals surface area contributed by atoms with Crippen molar-refractivity contribution < 1.29 is 14.3 Å². The molecule has 0 N–H and O–H groups in total. The monoisotopic (exact) mass is 308 g/mol. The smallest absolute Gasteiger partial charge is 0.338 e. The molecule has 0 amide bonds. The molecule has 0 aliphatic heterocycles. The van der Waals surface area contributed by atoms with Gasteiger partial charge in [0.05, 0.1) is 0 Å². The number of aryl methyl sites for hydroxylation is 1. The van der Waals surface area contributed by atoms with Gasteiger partial charge in [0.15, 0.2) is 5.78 Å². The molecule has 0 aliphatic carbocycles. The van der Waals surface area contributed by atoms with Crippen molar-refractivity contribution in [2.45, 2.75) is 26.7 Å². The van der Waals surface area contributed by atoms with Crippen LogP contribution in [0.4, 0.5) is 0 Å². The predicted molar refractivity (Wildman–Crippen MR) is 90.8 cm³/mol. The highest BCUT2D eigenvalue weighted by atomic mass is 16.5. The first-order chi connectivity index (χ1) is 11.0. The fourth-order valence-electron chi connectivity index (χ4n) is 2.15. The minimum absolute atomic E-state index is 0.0502. The lowest BCUT2D eigenvalue weighted by atomic mass is 10.0. The highest BCUT2D eigenvalue weighted by Crippen LogP contribution is 2.17. The van der Waals surface area contributed by atoms with Crippen LogP contribution in [0.2, 0.25) is 0 Å². The zero-order valence-electron chi connectivity index (χ0n) is 13.5. The lowest BCUT2D eigenvalue weighted by molar-refractivity contribution is -0.130. The van der Waals surface area contributed by atoms with E-state index in [2.05, 4.69) is 13.5 Å². The normalized spacial score (nSPS) is 10.2. The van der Waals surface area contributed by atoms with Gasteiger partial charge in [0, 0.05) is 16.7 Å². The lowest BCUT2D eigenvalue weighted by Gasteiger charge is -2.06. The molecular weight excluding hydrogens is 288 g/mol. The van der Waals surface area contributed by atoms with E-state index in [1.165, 1.54) is 5.56 Å². The van der Waals surface area contributed by atoms with E-state index in [1.807, 2.05) is 24.3 Å². The first-order valence-corrected chi connectivity index (χ1v) is 7.62. The van der Waals surface area contributed by atoms with Crippen LogP contribution in [0.25, 0.3) is 0 Å². The van der Waals surface area contributed by atoms with E-state index in [-0.39, 0.29) is 5.78 Å². The number of ether oxygens (including phenoxy) is 1. The zero-order valence-corrected chi connectivity index (χ0v) is 13.5. The predicted octanol–water partition coefficient (Wildman–Crippen LogP) is 4.35. The SMILES string of the molecule is C=C(C)C(=O)Oc1ccc(C(=O)c2ccc(CCC)cc2)cc1. The van der Waals surface area contributed by atoms with Gasteiger partial charge in [-0.2, -0.15) is 0 Å². The summed E-state index contributed by atoms with van der Waals surface area (Å²) in [5, 5.41) is 0. The van der Waals surface area contributed by atoms with Gasteiger partial charge in [-0.05, 0) is 43.2 Å². The Labute approximate surface area is 136 Å². The molecule has 0 radical (unpaired) electrons. The van der Waals surface area contributed by atoms with Gasteiger partial charge in [-0.15, -0.1) is 0 Å². The quantitative estimate of drug-likeness (QED) is 0.345. The molecule has 0 heterocycles. The van der Waals surface area contributed by atoms with Gasteiger partial charge in [0.25, 0.3) is 0 Å². The Morgan fingerprint density at radius 1 is 0.957 bits per heavy atom. The van der Waals surface area contributed by atoms with Gasteiger partial charge in [-0.1, -0.05) is 44.2 Å². The van der Waals surface area contributed by atoms with E-state index < -0.39 is 5.97 Å². The van der Waals surface area contributed by atoms with E-state index in [4.69, 9.17) is 4.74 Å². The Morgan fingerprint density at radius 2 is 1.48 bits per heavy atom. The Morgan fingerprint density at radius 3 is 1.96 bits per heavy atom. The lowest BCUT2D eigenvalue weighted by Crippen LogP contribution is -2.08. The number of ketones is 1. The van der Waals surface area contributed by atoms with Gasteiger partial charge in [0.2, 0.25) is 0 Å². The summed E-state index contributed by atoms with van der Waals surface area (Å²) in [6.07, 6.45) is 2.09. The van der Waals surface area contributed by atoms with Crippen LogP contribution in [0.1, 0.15) is 41.8 Å². The van der Waals surface area contributed by atoms with Crippen molar-refractivity contribution in [1.29, 1.82) is 0 Å². The van der Waals surface area contributed by atoms with Crippen LogP contribution < -0.4 is 4.74 Å². The Bertz CT molecular complexity index is 710. The van der Waals surface area contributed by atoms with Gasteiger partial charge in [0.1, 0.15) is 5.75 Å². The van der Waals surface area contributed by atoms with Gasteiger partial charge >= 0.3 is 5.97 Å². The third kappa shape index (κ3) is 4.39. The molecule has 0 unspecified atom stereocenters. The van der Waals surface area contributed by atoms with Crippen molar-refractivity contribution in [3.8, 4) is 5.75 Å². The van der Waals surface area contributed by atoms with Crippen molar-refractivity contribution in [2.24, 2.45) is 0 Å². The van der Waals surface area contributed by atoms with Crippen molar-refractivity contribution >= 4 is 11.8 Å². The van der Waals surface area contributed by atoms with Crippen molar-refractivity contribution in [2.75, 3.05) is 0 Å². The highest BCUT2D eigenvalue weighted by molar-refractivity contribution is 6.09. The highest BCUT2D eigenvalue weighted by Gasteiger charge is 2.10. The van der Waals surface area contributed by atoms with Crippen molar-refractivity contribution in [3.05, 3.63) is 77.4 Å². The van der Waals surface area contributed by atoms with Crippen LogP contribution in [0.15, 0.2) is 60.7 Å². The molecule has 2 aromatic carbocycles. The molecule has 2 rings (SSSR count). The average molecular weight is 308 g/mol. The minimum atomic E-state index is -0.476. The van der Waals surface area contributed by atoms with E-state index in [9.17, 15) is 9.59 Å². The molecule has 0 fully saturated rings. The number of benzene rings is 2. The van der Waals surface area contributed by atoms with E-state index in [1.54, 1.807) is 31.2 Å². The Balaban J connectivity index is 2.10. The molecule has 3 heteroatoms. The summed E-state index contributed by atoms with van der Waals surface area (Å²) in [5.41, 5.74) is 2.77. The fraction of sp³-hybridized carbons (Fsp3) is 0.200. The van der Waals surface area contributed by atoms with Crippen LogP contribution >= 0.6 is 0 Å². The van der Waals surface area contributed by atoms with Gasteiger partial charge in [-0.3, -0.25) is 4.79 Å². The van der Waals surface area contributed by atoms with Gasteiger partial charge < -0.3 is 4.74 Å². The molecule has 0 spiro atoms. The maximum atomic E-state index is 12.4. The van der Waals surface area contributed by atoms with Crippen LogP contribution in [0.5, 0.6) is 5.75 Å². The first-order valence-electron chi connectivity index (χ1n) is 7.62. The van der Waals surface area contributed by atoms with Crippen molar-refractivity contribution in [3.63, 3.8) is 0 Å². The topological polar surface area (TPSA) is 43.4 Å². The van der Waals surface area contributed by atoms with Crippen molar-refractivity contribution in [1.82, 2.24) is 0 Å². The molecule has 0 aliphatic rings. The molecule has 0 aromatic heterocycles. The Kier molecular flexibility index (Phi) is 5.47. The van der Waals surface area contributed by atoms with E-state index in [0.717, 1.165) is 12.8 Å². The minimum Gasteiger partial charge on any atom is -0.423 e. The molecule has 2 aromatic rings. The second kappa shape index (κ2) is 7.54. The molecule has 3 nitrogen and oxygen atoms in total. The van der Waals surface area contributed by atoms with Gasteiger partial charge in [-0.25, -0.2) is 4.79 Å². The number of hydrogen-bond acceptors (Lipinski definition) is 3. The standard InChI is InChI=1S/C20H20O3/c1-4-5-15-6-8-16(9-7-15)19(21)17-10-12-18(13-11-17)23-20(22)14(2)3/h6-13H,2,4-5H2,1,3H3. The summed E-state index contributed by atoms with van der Waals surface area (Å²) in [4.78, 5) is 23.9. The van der Waals surface area contributed by atoms with Crippen LogP contribution in [-0.2, 0) is 11.2 Å². The maximum absolute atomic E-state index is 12.4. The second-order valence-corrected chi connectivity index (χ2v) is 5.47. The number of esters is 1. The molecule has 23 heavy (non-hydrogen) atoms. The second-order valence-electron chi connectivity index (χ2n) is 5.47. The van der Waals surface area contributed by atoms with Crippen LogP contribution in [0, 0.1) is 0 Å². The summed E-state index contributed by atoms with van der Waals surface area (Å²) in [7, 11) is 0. The number of rotatable bonds is 6.